The van der Waals surface area contributed by atoms with E-state index in [4.69, 9.17) is 0 Å². The number of aliphatic carboxylic acids is 1. The van der Waals surface area contributed by atoms with Crippen LogP contribution >= 0.6 is 11.8 Å². The van der Waals surface area contributed by atoms with Gasteiger partial charge in [-0.2, -0.15) is 11.8 Å². The number of carbonyl (C=O) groups is 2. The maximum atomic E-state index is 13.1. The summed E-state index contributed by atoms with van der Waals surface area (Å²) in [6, 6.07) is 16.8. The van der Waals surface area contributed by atoms with Crippen LogP contribution in [-0.4, -0.2) is 40.0 Å². The van der Waals surface area contributed by atoms with Gasteiger partial charge < -0.3 is 10.4 Å². The Balaban J connectivity index is 1.91. The molecule has 32 heavy (non-hydrogen) atoms. The number of aromatic nitrogens is 1. The van der Waals surface area contributed by atoms with Gasteiger partial charge in [-0.15, -0.1) is 0 Å². The number of carboxylic acid groups (broad SMARTS) is 1. The number of nitrogens with one attached hydrogen (secondary N) is 1. The van der Waals surface area contributed by atoms with E-state index >= 15 is 0 Å². The first-order chi connectivity index (χ1) is 15.5. The van der Waals surface area contributed by atoms with Crippen molar-refractivity contribution in [1.29, 1.82) is 0 Å². The number of benzene rings is 2. The lowest BCUT2D eigenvalue weighted by Crippen LogP contribution is -2.41. The van der Waals surface area contributed by atoms with Crippen LogP contribution in [0.5, 0.6) is 0 Å². The second-order valence-corrected chi connectivity index (χ2v) is 8.69. The Morgan fingerprint density at radius 2 is 1.81 bits per heavy atom. The van der Waals surface area contributed by atoms with E-state index in [2.05, 4.69) is 16.4 Å². The van der Waals surface area contributed by atoms with Crippen molar-refractivity contribution < 1.29 is 14.7 Å². The Morgan fingerprint density at radius 1 is 1.03 bits per heavy atom. The van der Waals surface area contributed by atoms with Crippen molar-refractivity contribution in [3.05, 3.63) is 89.2 Å². The smallest absolute Gasteiger partial charge is 0.326 e. The number of nitrogens with zero attached hydrogens (tertiary/aromatic N) is 1. The molecule has 0 aliphatic carbocycles. The van der Waals surface area contributed by atoms with E-state index in [9.17, 15) is 14.7 Å². The molecule has 6 heteroatoms. The molecule has 0 spiro atoms. The third kappa shape index (κ3) is 6.20. The molecule has 166 valence electrons. The van der Waals surface area contributed by atoms with E-state index in [1.807, 2.05) is 67.9 Å². The van der Waals surface area contributed by atoms with Crippen molar-refractivity contribution >= 4 is 23.6 Å². The number of thioether (sulfide) groups is 1. The average Bonchev–Trinajstić information content (AvgIpc) is 2.81. The summed E-state index contributed by atoms with van der Waals surface area (Å²) in [6.07, 6.45) is 7.59. The fraction of sp³-hybridized carbons (Fsp3) is 0.269. The molecule has 0 radical (unpaired) electrons. The topological polar surface area (TPSA) is 79.3 Å². The zero-order chi connectivity index (χ0) is 22.9. The van der Waals surface area contributed by atoms with Gasteiger partial charge in [-0.05, 0) is 78.1 Å². The van der Waals surface area contributed by atoms with Gasteiger partial charge in [0.2, 0.25) is 0 Å². The largest absolute Gasteiger partial charge is 0.480 e. The van der Waals surface area contributed by atoms with Crippen molar-refractivity contribution in [3.63, 3.8) is 0 Å². The first-order valence-electron chi connectivity index (χ1n) is 10.6. The maximum Gasteiger partial charge on any atom is 0.326 e. The Bertz CT molecular complexity index is 1070. The van der Waals surface area contributed by atoms with Crippen LogP contribution in [0.4, 0.5) is 0 Å². The van der Waals surface area contributed by atoms with Crippen LogP contribution in [0.2, 0.25) is 0 Å². The van der Waals surface area contributed by atoms with Gasteiger partial charge in [-0.3, -0.25) is 9.78 Å². The molecule has 2 aromatic carbocycles. The van der Waals surface area contributed by atoms with E-state index in [1.54, 1.807) is 18.0 Å². The van der Waals surface area contributed by atoms with Crippen molar-refractivity contribution in [2.45, 2.75) is 32.2 Å². The molecule has 1 aromatic heterocycles. The highest BCUT2D eigenvalue weighted by Crippen LogP contribution is 2.29. The molecular formula is C26H28N2O3S. The molecule has 1 heterocycles. The third-order valence-electron chi connectivity index (χ3n) is 5.40. The fourth-order valence-electron chi connectivity index (χ4n) is 3.61. The van der Waals surface area contributed by atoms with Gasteiger partial charge in [0.15, 0.2) is 0 Å². The number of pyridine rings is 1. The van der Waals surface area contributed by atoms with Crippen LogP contribution in [0.3, 0.4) is 0 Å². The summed E-state index contributed by atoms with van der Waals surface area (Å²) in [5.41, 5.74) is 5.60. The van der Waals surface area contributed by atoms with Gasteiger partial charge in [-0.1, -0.05) is 42.5 Å². The first-order valence-corrected chi connectivity index (χ1v) is 12.0. The molecule has 0 aliphatic rings. The quantitative estimate of drug-likeness (QED) is 0.467. The number of hydrogen-bond donors (Lipinski definition) is 2. The summed E-state index contributed by atoms with van der Waals surface area (Å²) >= 11 is 1.56. The number of rotatable bonds is 10. The van der Waals surface area contributed by atoms with Gasteiger partial charge in [0.1, 0.15) is 6.04 Å². The summed E-state index contributed by atoms with van der Waals surface area (Å²) in [5, 5.41) is 12.2. The highest BCUT2D eigenvalue weighted by molar-refractivity contribution is 7.98. The number of carbonyl (C=O) groups excluding carboxylic acids is 1. The standard InChI is InChI=1S/C26H28N2O3S/c1-18-6-3-4-8-21(18)23-16-19(9-10-20-7-5-14-27-17-20)11-12-22(23)25(29)28-24(26(30)31)13-15-32-2/h3-8,11-12,14,16-17,24H,9-10,13,15H2,1-2H3,(H,28,29)(H,30,31)/t24-/m0/s1. The number of aryl methyl sites for hydroxylation is 3. The Kier molecular flexibility index (Phi) is 8.45. The minimum atomic E-state index is -1.02. The van der Waals surface area contributed by atoms with Crippen molar-refractivity contribution in [3.8, 4) is 11.1 Å². The van der Waals surface area contributed by atoms with E-state index < -0.39 is 12.0 Å². The molecule has 0 bridgehead atoms. The highest BCUT2D eigenvalue weighted by Gasteiger charge is 2.22. The number of hydrogen-bond acceptors (Lipinski definition) is 4. The number of amides is 1. The lowest BCUT2D eigenvalue weighted by Gasteiger charge is -2.17. The van der Waals surface area contributed by atoms with E-state index in [0.717, 1.165) is 40.7 Å². The SMILES string of the molecule is CSCC[C@H](NC(=O)c1ccc(CCc2cccnc2)cc1-c1ccccc1C)C(=O)O. The second-order valence-electron chi connectivity index (χ2n) is 7.70. The lowest BCUT2D eigenvalue weighted by molar-refractivity contribution is -0.139. The molecule has 0 saturated carbocycles. The Labute approximate surface area is 193 Å². The van der Waals surface area contributed by atoms with E-state index in [-0.39, 0.29) is 5.91 Å². The lowest BCUT2D eigenvalue weighted by atomic mass is 9.92. The molecule has 2 N–H and O–H groups in total. The summed E-state index contributed by atoms with van der Waals surface area (Å²) in [6.45, 7) is 2.01. The maximum absolute atomic E-state index is 13.1. The molecule has 0 fully saturated rings. The summed E-state index contributed by atoms with van der Waals surface area (Å²) in [4.78, 5) is 28.9. The van der Waals surface area contributed by atoms with Crippen LogP contribution in [0, 0.1) is 6.92 Å². The van der Waals surface area contributed by atoms with Gasteiger partial charge in [0, 0.05) is 18.0 Å². The molecule has 3 aromatic rings. The molecule has 5 nitrogen and oxygen atoms in total. The summed E-state index contributed by atoms with van der Waals surface area (Å²) in [5.74, 6) is -0.719. The van der Waals surface area contributed by atoms with Crippen LogP contribution in [0.15, 0.2) is 67.0 Å². The molecule has 1 amide bonds. The molecule has 0 saturated heterocycles. The zero-order valence-electron chi connectivity index (χ0n) is 18.4. The second kappa shape index (κ2) is 11.5. The monoisotopic (exact) mass is 448 g/mol. The van der Waals surface area contributed by atoms with E-state index in [0.29, 0.717) is 17.7 Å². The summed E-state index contributed by atoms with van der Waals surface area (Å²) < 4.78 is 0. The van der Waals surface area contributed by atoms with Gasteiger partial charge in [0.25, 0.3) is 5.91 Å². The third-order valence-corrected chi connectivity index (χ3v) is 6.05. The molecular weight excluding hydrogens is 420 g/mol. The van der Waals surface area contributed by atoms with Gasteiger partial charge in [-0.25, -0.2) is 4.79 Å². The van der Waals surface area contributed by atoms with Gasteiger partial charge >= 0.3 is 5.97 Å². The minimum absolute atomic E-state index is 0.365. The molecule has 1 atom stereocenters. The van der Waals surface area contributed by atoms with Crippen LogP contribution in [0.1, 0.15) is 33.5 Å². The molecule has 3 rings (SSSR count). The Hall–Kier alpha value is -3.12. The molecule has 0 unspecified atom stereocenters. The van der Waals surface area contributed by atoms with Crippen molar-refractivity contribution in [2.24, 2.45) is 0 Å². The Morgan fingerprint density at radius 3 is 2.50 bits per heavy atom. The normalized spacial score (nSPS) is 11.7. The van der Waals surface area contributed by atoms with Crippen molar-refractivity contribution in [2.75, 3.05) is 12.0 Å². The zero-order valence-corrected chi connectivity index (χ0v) is 19.2. The van der Waals surface area contributed by atoms with Crippen LogP contribution in [0.25, 0.3) is 11.1 Å². The summed E-state index contributed by atoms with van der Waals surface area (Å²) in [7, 11) is 0. The fourth-order valence-corrected chi connectivity index (χ4v) is 4.08. The predicted molar refractivity (Wildman–Crippen MR) is 130 cm³/mol. The predicted octanol–water partition coefficient (Wildman–Crippen LogP) is 4.78. The number of carboxylic acids is 1. The molecule has 0 aliphatic heterocycles. The van der Waals surface area contributed by atoms with Crippen LogP contribution < -0.4 is 5.32 Å². The first kappa shape index (κ1) is 23.5. The highest BCUT2D eigenvalue weighted by atomic mass is 32.2. The van der Waals surface area contributed by atoms with E-state index in [1.165, 1.54) is 0 Å². The van der Waals surface area contributed by atoms with Crippen LogP contribution in [-0.2, 0) is 17.6 Å². The van der Waals surface area contributed by atoms with Crippen molar-refractivity contribution in [1.82, 2.24) is 10.3 Å². The van der Waals surface area contributed by atoms with Gasteiger partial charge in [0.05, 0.1) is 0 Å². The minimum Gasteiger partial charge on any atom is -0.480 e. The average molecular weight is 449 g/mol.